The van der Waals surface area contributed by atoms with Crippen molar-refractivity contribution in [1.29, 1.82) is 0 Å². The molecule has 0 saturated heterocycles. The number of hydrogen-bond donors (Lipinski definition) is 3. The summed E-state index contributed by atoms with van der Waals surface area (Å²) in [6, 6.07) is -0.627. The number of nitrogens with one attached hydrogen (secondary N) is 1. The molecule has 6 heteroatoms. The summed E-state index contributed by atoms with van der Waals surface area (Å²) in [5, 5.41) is 23.3. The molecule has 0 bridgehead atoms. The first-order chi connectivity index (χ1) is 41.0. The Hall–Kier alpha value is -1.66. The molecule has 0 rings (SSSR count). The van der Waals surface area contributed by atoms with Crippen molar-refractivity contribution in [2.24, 2.45) is 0 Å². The van der Waals surface area contributed by atoms with Crippen LogP contribution in [0.2, 0.25) is 0 Å². The Morgan fingerprint density at radius 2 is 0.566 bits per heavy atom. The van der Waals surface area contributed by atoms with Crippen LogP contribution in [0.4, 0.5) is 0 Å². The van der Waals surface area contributed by atoms with Crippen molar-refractivity contribution in [3.63, 3.8) is 0 Å². The van der Waals surface area contributed by atoms with E-state index in [2.05, 4.69) is 31.3 Å². The van der Waals surface area contributed by atoms with E-state index in [1.807, 2.05) is 6.08 Å². The van der Waals surface area contributed by atoms with Gasteiger partial charge in [0.2, 0.25) is 5.91 Å². The number of hydrogen-bond acceptors (Lipinski definition) is 5. The molecular weight excluding hydrogens is 1020 g/mol. The molecule has 0 fully saturated rings. The van der Waals surface area contributed by atoms with Gasteiger partial charge in [0.05, 0.1) is 25.4 Å². The molecule has 0 radical (unpaired) electrons. The number of esters is 1. The normalized spacial score (nSPS) is 12.6. The van der Waals surface area contributed by atoms with Crippen LogP contribution in [0.15, 0.2) is 24.3 Å². The zero-order valence-electron chi connectivity index (χ0n) is 56.5. The minimum Gasteiger partial charge on any atom is -0.466 e. The summed E-state index contributed by atoms with van der Waals surface area (Å²) in [5.74, 6) is -0.0485. The van der Waals surface area contributed by atoms with Crippen molar-refractivity contribution in [3.8, 4) is 0 Å². The minimum absolute atomic E-state index is 0.0115. The predicted octanol–water partition coefficient (Wildman–Crippen LogP) is 24.9. The molecule has 6 nitrogen and oxygen atoms in total. The molecule has 0 heterocycles. The van der Waals surface area contributed by atoms with E-state index in [0.29, 0.717) is 19.4 Å². The summed E-state index contributed by atoms with van der Waals surface area (Å²) >= 11 is 0. The molecule has 0 aromatic rings. The number of aliphatic hydroxyl groups excluding tert-OH is 2. The van der Waals surface area contributed by atoms with Crippen molar-refractivity contribution >= 4 is 11.9 Å². The van der Waals surface area contributed by atoms with Gasteiger partial charge in [0.1, 0.15) is 0 Å². The van der Waals surface area contributed by atoms with Crippen LogP contribution in [0.25, 0.3) is 0 Å². The fraction of sp³-hybridized carbons (Fsp3) is 0.922. The molecule has 0 aromatic heterocycles. The van der Waals surface area contributed by atoms with Crippen molar-refractivity contribution in [2.75, 3.05) is 13.2 Å². The third-order valence-electron chi connectivity index (χ3n) is 18.0. The first-order valence-corrected chi connectivity index (χ1v) is 38.1. The Morgan fingerprint density at radius 3 is 0.855 bits per heavy atom. The highest BCUT2D eigenvalue weighted by Gasteiger charge is 2.18. The Balaban J connectivity index is 3.37. The molecule has 0 saturated carbocycles. The summed E-state index contributed by atoms with van der Waals surface area (Å²) in [4.78, 5) is 24.6. The number of rotatable bonds is 72. The first kappa shape index (κ1) is 81.3. The van der Waals surface area contributed by atoms with Gasteiger partial charge in [-0.3, -0.25) is 9.59 Å². The zero-order chi connectivity index (χ0) is 59.9. The van der Waals surface area contributed by atoms with Gasteiger partial charge in [-0.05, 0) is 57.8 Å². The fourth-order valence-electron chi connectivity index (χ4n) is 12.2. The maximum Gasteiger partial charge on any atom is 0.305 e. The van der Waals surface area contributed by atoms with Gasteiger partial charge in [0.15, 0.2) is 0 Å². The summed E-state index contributed by atoms with van der Waals surface area (Å²) < 4.78 is 5.50. The van der Waals surface area contributed by atoms with Crippen LogP contribution < -0.4 is 5.32 Å². The maximum absolute atomic E-state index is 12.5. The van der Waals surface area contributed by atoms with Gasteiger partial charge in [0, 0.05) is 12.8 Å². The number of carbonyl (C=O) groups excluding carboxylic acids is 2. The Bertz CT molecular complexity index is 1300. The van der Waals surface area contributed by atoms with Gasteiger partial charge in [-0.15, -0.1) is 0 Å². The lowest BCUT2D eigenvalue weighted by Gasteiger charge is -2.20. The average Bonchev–Trinajstić information content (AvgIpc) is 3.49. The van der Waals surface area contributed by atoms with Crippen LogP contribution in [0.3, 0.4) is 0 Å². The van der Waals surface area contributed by atoms with E-state index in [1.165, 1.54) is 360 Å². The molecule has 1 amide bonds. The Morgan fingerprint density at radius 1 is 0.325 bits per heavy atom. The quantitative estimate of drug-likeness (QED) is 0.0320. The highest BCUT2D eigenvalue weighted by molar-refractivity contribution is 5.76. The second kappa shape index (κ2) is 72.8. The summed E-state index contributed by atoms with van der Waals surface area (Å²) in [6.45, 7) is 4.94. The molecule has 2 unspecified atom stereocenters. The molecule has 0 aliphatic rings. The SMILES string of the molecule is CCCCCCCC/C=C\CCCCCCCC(=O)OCCCCCCCCCCCCCCCCCCCCCCCCCCCCCCC(=O)NC(CO)C(O)/C=C/CCCCCCCCCCCCCCCCCCCCCCC. The lowest BCUT2D eigenvalue weighted by molar-refractivity contribution is -0.143. The van der Waals surface area contributed by atoms with Crippen LogP contribution in [0.5, 0.6) is 0 Å². The molecule has 0 aliphatic carbocycles. The third-order valence-corrected chi connectivity index (χ3v) is 18.0. The Kier molecular flexibility index (Phi) is 71.4. The molecule has 83 heavy (non-hydrogen) atoms. The topological polar surface area (TPSA) is 95.9 Å². The van der Waals surface area contributed by atoms with Gasteiger partial charge >= 0.3 is 5.97 Å². The lowest BCUT2D eigenvalue weighted by Crippen LogP contribution is -2.45. The van der Waals surface area contributed by atoms with Crippen molar-refractivity contribution in [1.82, 2.24) is 5.32 Å². The van der Waals surface area contributed by atoms with Crippen molar-refractivity contribution < 1.29 is 24.5 Å². The van der Waals surface area contributed by atoms with E-state index < -0.39 is 12.1 Å². The standard InChI is InChI=1S/C77H149NO5/c1-3-5-7-9-11-13-15-17-19-20-21-22-29-32-35-38-42-45-49-53-57-61-65-69-75(80)74(73-79)78-76(81)70-66-62-58-54-50-46-43-39-36-33-30-27-25-23-24-26-28-31-34-37-40-44-48-52-56-60-64-68-72-83-77(82)71-67-63-59-55-51-47-41-18-16-14-12-10-8-6-4-2/h18,41,65,69,74-75,79-80H,3-17,19-40,42-64,66-68,70-73H2,1-2H3,(H,78,81)/b41-18-,69-65+. The van der Waals surface area contributed by atoms with Crippen molar-refractivity contribution in [3.05, 3.63) is 24.3 Å². The lowest BCUT2D eigenvalue weighted by atomic mass is 10.0. The molecule has 492 valence electrons. The van der Waals surface area contributed by atoms with Crippen LogP contribution in [-0.4, -0.2) is 47.4 Å². The Labute approximate surface area is 520 Å². The first-order valence-electron chi connectivity index (χ1n) is 38.1. The number of amides is 1. The largest absolute Gasteiger partial charge is 0.466 e. The minimum atomic E-state index is -0.843. The van der Waals surface area contributed by atoms with Crippen LogP contribution in [0.1, 0.15) is 431 Å². The molecule has 2 atom stereocenters. The molecule has 0 aliphatic heterocycles. The van der Waals surface area contributed by atoms with Crippen molar-refractivity contribution in [2.45, 2.75) is 443 Å². The third kappa shape index (κ3) is 69.3. The molecule has 0 aromatic carbocycles. The number of unbranched alkanes of at least 4 members (excludes halogenated alkanes) is 59. The molecule has 0 spiro atoms. The fourth-order valence-corrected chi connectivity index (χ4v) is 12.2. The van der Waals surface area contributed by atoms with Gasteiger partial charge in [0.25, 0.3) is 0 Å². The monoisotopic (exact) mass is 1170 g/mol. The maximum atomic E-state index is 12.5. The highest BCUT2D eigenvalue weighted by atomic mass is 16.5. The van der Waals surface area contributed by atoms with Crippen LogP contribution in [-0.2, 0) is 14.3 Å². The highest BCUT2D eigenvalue weighted by Crippen LogP contribution is 2.20. The van der Waals surface area contributed by atoms with E-state index in [0.717, 1.165) is 44.9 Å². The smallest absolute Gasteiger partial charge is 0.305 e. The molecule has 3 N–H and O–H groups in total. The second-order valence-corrected chi connectivity index (χ2v) is 26.3. The molecular formula is C77H149NO5. The van der Waals surface area contributed by atoms with Gasteiger partial charge in [-0.1, -0.05) is 385 Å². The van der Waals surface area contributed by atoms with E-state index in [-0.39, 0.29) is 18.5 Å². The van der Waals surface area contributed by atoms with E-state index >= 15 is 0 Å². The zero-order valence-corrected chi connectivity index (χ0v) is 56.5. The second-order valence-electron chi connectivity index (χ2n) is 26.3. The van der Waals surface area contributed by atoms with E-state index in [9.17, 15) is 19.8 Å². The van der Waals surface area contributed by atoms with Gasteiger partial charge in [-0.25, -0.2) is 0 Å². The van der Waals surface area contributed by atoms with Gasteiger partial charge in [-0.2, -0.15) is 0 Å². The summed E-state index contributed by atoms with van der Waals surface area (Å²) in [5.41, 5.74) is 0. The predicted molar refractivity (Wildman–Crippen MR) is 366 cm³/mol. The number of aliphatic hydroxyl groups is 2. The number of carbonyl (C=O) groups is 2. The van der Waals surface area contributed by atoms with E-state index in [1.54, 1.807) is 6.08 Å². The van der Waals surface area contributed by atoms with Gasteiger partial charge < -0.3 is 20.3 Å². The summed E-state index contributed by atoms with van der Waals surface area (Å²) in [7, 11) is 0. The number of ether oxygens (including phenoxy) is 1. The number of allylic oxidation sites excluding steroid dienone is 3. The van der Waals surface area contributed by atoms with Crippen LogP contribution >= 0.6 is 0 Å². The summed E-state index contributed by atoms with van der Waals surface area (Å²) in [6.07, 6.45) is 92.8. The van der Waals surface area contributed by atoms with E-state index in [4.69, 9.17) is 4.74 Å². The average molecular weight is 1170 g/mol. The van der Waals surface area contributed by atoms with Crippen LogP contribution in [0, 0.1) is 0 Å².